The second-order valence-corrected chi connectivity index (χ2v) is 8.73. The summed E-state index contributed by atoms with van der Waals surface area (Å²) in [5.74, 6) is 0.172. The Morgan fingerprint density at radius 3 is 1.86 bits per heavy atom. The van der Waals surface area contributed by atoms with Gasteiger partial charge in [0.1, 0.15) is 11.5 Å². The van der Waals surface area contributed by atoms with Gasteiger partial charge in [-0.1, -0.05) is 72.8 Å². The molecule has 0 radical (unpaired) electrons. The van der Waals surface area contributed by atoms with E-state index >= 15 is 0 Å². The van der Waals surface area contributed by atoms with Crippen molar-refractivity contribution in [1.82, 2.24) is 14.9 Å². The number of benzene rings is 3. The SMILES string of the molecule is Oc1ccc(O)c(-c2cccc(CN(Cc3ccccc3)Cc3cccc(-c4ccccc4)n3)n2)c1. The quantitative estimate of drug-likeness (QED) is 0.254. The van der Waals surface area contributed by atoms with E-state index in [9.17, 15) is 10.2 Å². The molecule has 0 amide bonds. The molecule has 0 saturated heterocycles. The zero-order chi connectivity index (χ0) is 24.7. The largest absolute Gasteiger partial charge is 0.508 e. The standard InChI is InChI=1S/C31H27N3O2/c35-27-17-18-31(36)28(19-27)30-16-8-14-26(33-30)22-34(20-23-9-3-1-4-10-23)21-25-13-7-15-29(32-25)24-11-5-2-6-12-24/h1-19,35-36H,20-22H2. The third-order valence-electron chi connectivity index (χ3n) is 5.96. The molecule has 0 aliphatic heterocycles. The molecule has 2 heterocycles. The Morgan fingerprint density at radius 1 is 0.556 bits per heavy atom. The Kier molecular flexibility index (Phi) is 7.01. The van der Waals surface area contributed by atoms with Crippen LogP contribution >= 0.6 is 0 Å². The van der Waals surface area contributed by atoms with E-state index in [1.54, 1.807) is 0 Å². The summed E-state index contributed by atoms with van der Waals surface area (Å²) < 4.78 is 0. The molecule has 0 bridgehead atoms. The van der Waals surface area contributed by atoms with Crippen LogP contribution < -0.4 is 0 Å². The molecule has 0 aliphatic rings. The van der Waals surface area contributed by atoms with Crippen LogP contribution in [0.25, 0.3) is 22.5 Å². The summed E-state index contributed by atoms with van der Waals surface area (Å²) >= 11 is 0. The highest BCUT2D eigenvalue weighted by Gasteiger charge is 2.13. The summed E-state index contributed by atoms with van der Waals surface area (Å²) in [5, 5.41) is 20.2. The number of nitrogens with zero attached hydrogens (tertiary/aromatic N) is 3. The fourth-order valence-corrected chi connectivity index (χ4v) is 4.25. The molecule has 0 aliphatic carbocycles. The van der Waals surface area contributed by atoms with Crippen LogP contribution in [0.15, 0.2) is 115 Å². The van der Waals surface area contributed by atoms with E-state index < -0.39 is 0 Å². The Hall–Kier alpha value is -4.48. The molecular weight excluding hydrogens is 446 g/mol. The third kappa shape index (κ3) is 5.77. The predicted molar refractivity (Wildman–Crippen MR) is 142 cm³/mol. The molecule has 2 aromatic heterocycles. The first-order chi connectivity index (χ1) is 17.6. The van der Waals surface area contributed by atoms with Crippen LogP contribution in [0, 0.1) is 0 Å². The van der Waals surface area contributed by atoms with Gasteiger partial charge in [-0.2, -0.15) is 0 Å². The topological polar surface area (TPSA) is 69.5 Å². The maximum Gasteiger partial charge on any atom is 0.125 e. The van der Waals surface area contributed by atoms with Crippen molar-refractivity contribution < 1.29 is 10.2 Å². The van der Waals surface area contributed by atoms with E-state index in [0.29, 0.717) is 24.3 Å². The number of hydrogen-bond donors (Lipinski definition) is 2. The maximum atomic E-state index is 10.3. The lowest BCUT2D eigenvalue weighted by Crippen LogP contribution is -2.23. The minimum absolute atomic E-state index is 0.0838. The van der Waals surface area contributed by atoms with Crippen LogP contribution in [-0.4, -0.2) is 25.1 Å². The van der Waals surface area contributed by atoms with Gasteiger partial charge in [0.05, 0.1) is 22.8 Å². The molecule has 5 heteroatoms. The number of phenols is 2. The van der Waals surface area contributed by atoms with Crippen molar-refractivity contribution in [2.24, 2.45) is 0 Å². The molecule has 2 N–H and O–H groups in total. The summed E-state index contributed by atoms with van der Waals surface area (Å²) in [6, 6.07) is 36.9. The van der Waals surface area contributed by atoms with Gasteiger partial charge in [0.15, 0.2) is 0 Å². The van der Waals surface area contributed by atoms with Gasteiger partial charge in [-0.25, -0.2) is 0 Å². The van der Waals surface area contributed by atoms with E-state index in [1.165, 1.54) is 23.8 Å². The first-order valence-electron chi connectivity index (χ1n) is 11.9. The highest BCUT2D eigenvalue weighted by Crippen LogP contribution is 2.31. The second-order valence-electron chi connectivity index (χ2n) is 8.73. The van der Waals surface area contributed by atoms with Gasteiger partial charge in [0.25, 0.3) is 0 Å². The van der Waals surface area contributed by atoms with Crippen LogP contribution in [0.4, 0.5) is 0 Å². The van der Waals surface area contributed by atoms with Crippen molar-refractivity contribution in [1.29, 1.82) is 0 Å². The number of rotatable bonds is 8. The normalized spacial score (nSPS) is 11.0. The molecule has 5 rings (SSSR count). The molecule has 0 fully saturated rings. The second kappa shape index (κ2) is 10.8. The maximum absolute atomic E-state index is 10.3. The summed E-state index contributed by atoms with van der Waals surface area (Å²) in [5.41, 5.74) is 6.22. The van der Waals surface area contributed by atoms with E-state index in [1.807, 2.05) is 60.7 Å². The van der Waals surface area contributed by atoms with Crippen molar-refractivity contribution in [2.45, 2.75) is 19.6 Å². The minimum atomic E-state index is 0.0838. The number of aromatic hydroxyl groups is 2. The summed E-state index contributed by atoms with van der Waals surface area (Å²) in [6.07, 6.45) is 0. The van der Waals surface area contributed by atoms with Crippen LogP contribution in [-0.2, 0) is 19.6 Å². The van der Waals surface area contributed by atoms with Crippen LogP contribution in [0.1, 0.15) is 17.0 Å². The molecule has 0 saturated carbocycles. The Balaban J connectivity index is 1.42. The first-order valence-corrected chi connectivity index (χ1v) is 11.9. The molecule has 3 aromatic carbocycles. The van der Waals surface area contributed by atoms with Crippen LogP contribution in [0.5, 0.6) is 11.5 Å². The van der Waals surface area contributed by atoms with Crippen LogP contribution in [0.3, 0.4) is 0 Å². The van der Waals surface area contributed by atoms with Crippen LogP contribution in [0.2, 0.25) is 0 Å². The smallest absolute Gasteiger partial charge is 0.125 e. The molecule has 36 heavy (non-hydrogen) atoms. The van der Waals surface area contributed by atoms with Gasteiger partial charge < -0.3 is 10.2 Å². The fourth-order valence-electron chi connectivity index (χ4n) is 4.25. The number of phenolic OH excluding ortho intramolecular Hbond substituents is 2. The summed E-state index contributed by atoms with van der Waals surface area (Å²) in [7, 11) is 0. The molecule has 5 aromatic rings. The average molecular weight is 474 g/mol. The first kappa shape index (κ1) is 23.3. The number of hydrogen-bond acceptors (Lipinski definition) is 5. The zero-order valence-corrected chi connectivity index (χ0v) is 19.8. The minimum Gasteiger partial charge on any atom is -0.508 e. The number of aromatic nitrogens is 2. The highest BCUT2D eigenvalue weighted by molar-refractivity contribution is 5.68. The lowest BCUT2D eigenvalue weighted by Gasteiger charge is -2.22. The van der Waals surface area contributed by atoms with Gasteiger partial charge in [0.2, 0.25) is 0 Å². The summed E-state index contributed by atoms with van der Waals surface area (Å²) in [4.78, 5) is 12.0. The van der Waals surface area contributed by atoms with Gasteiger partial charge >= 0.3 is 0 Å². The monoisotopic (exact) mass is 473 g/mol. The van der Waals surface area contributed by atoms with Crippen molar-refractivity contribution >= 4 is 0 Å². The highest BCUT2D eigenvalue weighted by atomic mass is 16.3. The lowest BCUT2D eigenvalue weighted by atomic mass is 10.1. The molecular formula is C31H27N3O2. The Bertz CT molecular complexity index is 1440. The van der Waals surface area contributed by atoms with Gasteiger partial charge in [-0.05, 0) is 48.0 Å². The molecule has 5 nitrogen and oxygen atoms in total. The van der Waals surface area contributed by atoms with E-state index in [2.05, 4.69) is 41.3 Å². The molecule has 0 unspecified atom stereocenters. The number of pyridine rings is 2. The van der Waals surface area contributed by atoms with Crippen molar-refractivity contribution in [3.05, 3.63) is 132 Å². The van der Waals surface area contributed by atoms with Crippen molar-refractivity contribution in [3.8, 4) is 34.0 Å². The molecule has 178 valence electrons. The average Bonchev–Trinajstić information content (AvgIpc) is 2.91. The van der Waals surface area contributed by atoms with E-state index in [-0.39, 0.29) is 11.5 Å². The molecule has 0 atom stereocenters. The van der Waals surface area contributed by atoms with Gasteiger partial charge in [-0.3, -0.25) is 14.9 Å². The van der Waals surface area contributed by atoms with E-state index in [0.717, 1.165) is 29.2 Å². The lowest BCUT2D eigenvalue weighted by molar-refractivity contribution is 0.242. The predicted octanol–water partition coefficient (Wildman–Crippen LogP) is 6.42. The van der Waals surface area contributed by atoms with Crippen molar-refractivity contribution in [3.63, 3.8) is 0 Å². The van der Waals surface area contributed by atoms with Crippen molar-refractivity contribution in [2.75, 3.05) is 0 Å². The third-order valence-corrected chi connectivity index (χ3v) is 5.96. The summed E-state index contributed by atoms with van der Waals surface area (Å²) in [6.45, 7) is 1.99. The zero-order valence-electron chi connectivity index (χ0n) is 19.8. The van der Waals surface area contributed by atoms with Gasteiger partial charge in [-0.15, -0.1) is 0 Å². The molecule has 0 spiro atoms. The van der Waals surface area contributed by atoms with Gasteiger partial charge in [0, 0.05) is 30.8 Å². The van der Waals surface area contributed by atoms with E-state index in [4.69, 9.17) is 9.97 Å². The Morgan fingerprint density at radius 2 is 1.17 bits per heavy atom. The fraction of sp³-hybridized carbons (Fsp3) is 0.0968. The Labute approximate surface area is 211 Å².